The second kappa shape index (κ2) is 6.43. The lowest BCUT2D eigenvalue weighted by molar-refractivity contribution is -0.143. The zero-order chi connectivity index (χ0) is 13.7. The van der Waals surface area contributed by atoms with Crippen LogP contribution in [0.1, 0.15) is 19.0 Å². The molecule has 1 aromatic carbocycles. The molecule has 0 N–H and O–H groups in total. The van der Waals surface area contributed by atoms with E-state index in [-0.39, 0.29) is 11.8 Å². The van der Waals surface area contributed by atoms with Crippen molar-refractivity contribution in [2.45, 2.75) is 19.8 Å². The van der Waals surface area contributed by atoms with Gasteiger partial charge in [-0.05, 0) is 31.2 Å². The molecule has 100 valence electrons. The van der Waals surface area contributed by atoms with E-state index in [1.807, 2.05) is 5.38 Å². The second-order valence-corrected chi connectivity index (χ2v) is 4.81. The fourth-order valence-corrected chi connectivity index (χ4v) is 2.47. The van der Waals surface area contributed by atoms with Crippen LogP contribution in [0.2, 0.25) is 0 Å². The van der Waals surface area contributed by atoms with Gasteiger partial charge < -0.3 is 4.74 Å². The van der Waals surface area contributed by atoms with Crippen LogP contribution in [-0.2, 0) is 16.0 Å². The molecule has 0 unspecified atom stereocenters. The predicted molar refractivity (Wildman–Crippen MR) is 72.5 cm³/mol. The average Bonchev–Trinajstić information content (AvgIpc) is 2.86. The van der Waals surface area contributed by atoms with E-state index in [9.17, 15) is 9.18 Å². The van der Waals surface area contributed by atoms with Crippen LogP contribution in [0.5, 0.6) is 0 Å². The maximum absolute atomic E-state index is 12.8. The minimum absolute atomic E-state index is 0.209. The number of esters is 1. The van der Waals surface area contributed by atoms with Crippen LogP contribution in [0.4, 0.5) is 4.39 Å². The number of aromatic nitrogens is 1. The summed E-state index contributed by atoms with van der Waals surface area (Å²) >= 11 is 1.49. The van der Waals surface area contributed by atoms with Crippen molar-refractivity contribution < 1.29 is 13.9 Å². The van der Waals surface area contributed by atoms with E-state index in [4.69, 9.17) is 4.74 Å². The van der Waals surface area contributed by atoms with Crippen molar-refractivity contribution in [2.24, 2.45) is 0 Å². The lowest BCUT2D eigenvalue weighted by atomic mass is 10.2. The number of halogens is 1. The third-order valence-corrected chi connectivity index (χ3v) is 3.47. The van der Waals surface area contributed by atoms with Crippen LogP contribution in [0, 0.1) is 5.82 Å². The van der Waals surface area contributed by atoms with E-state index < -0.39 is 0 Å². The molecule has 1 aromatic heterocycles. The second-order valence-electron chi connectivity index (χ2n) is 3.96. The van der Waals surface area contributed by atoms with Crippen molar-refractivity contribution >= 4 is 17.3 Å². The van der Waals surface area contributed by atoms with Crippen LogP contribution in [0.25, 0.3) is 10.6 Å². The highest BCUT2D eigenvalue weighted by Crippen LogP contribution is 2.24. The van der Waals surface area contributed by atoms with E-state index in [1.54, 1.807) is 19.1 Å². The highest BCUT2D eigenvalue weighted by molar-refractivity contribution is 7.13. The Hall–Kier alpha value is -1.75. The monoisotopic (exact) mass is 279 g/mol. The lowest BCUT2D eigenvalue weighted by Gasteiger charge is -1.99. The maximum atomic E-state index is 12.8. The Balaban J connectivity index is 1.99. The minimum Gasteiger partial charge on any atom is -0.466 e. The number of aryl methyl sites for hydroxylation is 1. The number of nitrogens with zero attached hydrogens (tertiary/aromatic N) is 1. The number of carbonyl (C=O) groups is 1. The van der Waals surface area contributed by atoms with Crippen molar-refractivity contribution in [3.8, 4) is 10.6 Å². The van der Waals surface area contributed by atoms with Gasteiger partial charge >= 0.3 is 5.97 Å². The molecule has 5 heteroatoms. The van der Waals surface area contributed by atoms with Gasteiger partial charge in [0.05, 0.1) is 18.7 Å². The molecule has 0 amide bonds. The van der Waals surface area contributed by atoms with E-state index >= 15 is 0 Å². The summed E-state index contributed by atoms with van der Waals surface area (Å²) in [6.07, 6.45) is 0.900. The van der Waals surface area contributed by atoms with Crippen molar-refractivity contribution in [1.29, 1.82) is 0 Å². The number of ether oxygens (including phenoxy) is 1. The number of benzene rings is 1. The number of hydrogen-bond acceptors (Lipinski definition) is 4. The Kier molecular flexibility index (Phi) is 4.63. The Morgan fingerprint density at radius 3 is 2.79 bits per heavy atom. The number of rotatable bonds is 5. The van der Waals surface area contributed by atoms with E-state index in [0.717, 1.165) is 16.3 Å². The first kappa shape index (κ1) is 13.7. The van der Waals surface area contributed by atoms with E-state index in [0.29, 0.717) is 19.4 Å². The molecule has 0 radical (unpaired) electrons. The fourth-order valence-electron chi connectivity index (χ4n) is 1.61. The molecule has 2 rings (SSSR count). The van der Waals surface area contributed by atoms with E-state index in [1.165, 1.54) is 23.5 Å². The average molecular weight is 279 g/mol. The smallest absolute Gasteiger partial charge is 0.306 e. The summed E-state index contributed by atoms with van der Waals surface area (Å²) in [5.41, 5.74) is 1.74. The molecule has 0 atom stereocenters. The van der Waals surface area contributed by atoms with Gasteiger partial charge in [-0.1, -0.05) is 0 Å². The summed E-state index contributed by atoms with van der Waals surface area (Å²) in [5, 5.41) is 2.75. The quantitative estimate of drug-likeness (QED) is 0.787. The van der Waals surface area contributed by atoms with Gasteiger partial charge in [-0.2, -0.15) is 0 Å². The van der Waals surface area contributed by atoms with Gasteiger partial charge in [-0.3, -0.25) is 4.79 Å². The Morgan fingerprint density at radius 1 is 1.37 bits per heavy atom. The van der Waals surface area contributed by atoms with Crippen molar-refractivity contribution in [3.63, 3.8) is 0 Å². The molecule has 0 spiro atoms. The highest BCUT2D eigenvalue weighted by Gasteiger charge is 2.07. The van der Waals surface area contributed by atoms with Crippen LogP contribution in [-0.4, -0.2) is 17.6 Å². The molecule has 0 aliphatic rings. The Labute approximate surface area is 115 Å². The van der Waals surface area contributed by atoms with Gasteiger partial charge in [0.25, 0.3) is 0 Å². The first-order chi connectivity index (χ1) is 9.19. The summed E-state index contributed by atoms with van der Waals surface area (Å²) < 4.78 is 17.7. The standard InChI is InChI=1S/C14H14FNO2S/c1-2-18-13(17)8-7-12-9-19-14(16-12)10-3-5-11(15)6-4-10/h3-6,9H,2,7-8H2,1H3. The van der Waals surface area contributed by atoms with Crippen molar-refractivity contribution in [2.75, 3.05) is 6.61 Å². The number of hydrogen-bond donors (Lipinski definition) is 0. The molecule has 0 aliphatic heterocycles. The number of thiazole rings is 1. The van der Waals surface area contributed by atoms with Gasteiger partial charge in [-0.25, -0.2) is 9.37 Å². The summed E-state index contributed by atoms with van der Waals surface area (Å²) in [7, 11) is 0. The normalized spacial score (nSPS) is 10.4. The first-order valence-corrected chi connectivity index (χ1v) is 6.93. The zero-order valence-electron chi connectivity index (χ0n) is 10.6. The Morgan fingerprint density at radius 2 is 2.11 bits per heavy atom. The minimum atomic E-state index is -0.261. The number of carbonyl (C=O) groups excluding carboxylic acids is 1. The zero-order valence-corrected chi connectivity index (χ0v) is 11.4. The predicted octanol–water partition coefficient (Wildman–Crippen LogP) is 3.44. The largest absolute Gasteiger partial charge is 0.466 e. The molecule has 2 aromatic rings. The first-order valence-electron chi connectivity index (χ1n) is 6.05. The molecule has 1 heterocycles. The third kappa shape index (κ3) is 3.86. The molecule has 19 heavy (non-hydrogen) atoms. The van der Waals surface area contributed by atoms with Crippen molar-refractivity contribution in [1.82, 2.24) is 4.98 Å². The van der Waals surface area contributed by atoms with Crippen LogP contribution in [0.15, 0.2) is 29.6 Å². The highest BCUT2D eigenvalue weighted by atomic mass is 32.1. The summed E-state index contributed by atoms with van der Waals surface area (Å²) in [4.78, 5) is 15.7. The maximum Gasteiger partial charge on any atom is 0.306 e. The molecule has 0 aliphatic carbocycles. The molecule has 0 saturated heterocycles. The lowest BCUT2D eigenvalue weighted by Crippen LogP contribution is -2.05. The van der Waals surface area contributed by atoms with Crippen LogP contribution < -0.4 is 0 Å². The SMILES string of the molecule is CCOC(=O)CCc1csc(-c2ccc(F)cc2)n1. The van der Waals surface area contributed by atoms with Gasteiger partial charge in [0.15, 0.2) is 0 Å². The molecule has 0 fully saturated rings. The molecular formula is C14H14FNO2S. The van der Waals surface area contributed by atoms with E-state index in [2.05, 4.69) is 4.98 Å². The summed E-state index contributed by atoms with van der Waals surface area (Å²) in [6.45, 7) is 2.18. The van der Waals surface area contributed by atoms with Crippen molar-refractivity contribution in [3.05, 3.63) is 41.2 Å². The molecule has 0 bridgehead atoms. The molecule has 3 nitrogen and oxygen atoms in total. The summed E-state index contributed by atoms with van der Waals surface area (Å²) in [5.74, 6) is -0.471. The molecular weight excluding hydrogens is 265 g/mol. The summed E-state index contributed by atoms with van der Waals surface area (Å²) in [6, 6.07) is 6.22. The van der Waals surface area contributed by atoms with Gasteiger partial charge in [0.2, 0.25) is 0 Å². The van der Waals surface area contributed by atoms with Crippen LogP contribution in [0.3, 0.4) is 0 Å². The Bertz CT molecular complexity index is 551. The van der Waals surface area contributed by atoms with Gasteiger partial charge in [0.1, 0.15) is 10.8 Å². The topological polar surface area (TPSA) is 39.2 Å². The van der Waals surface area contributed by atoms with Gasteiger partial charge in [0, 0.05) is 17.4 Å². The molecule has 0 saturated carbocycles. The fraction of sp³-hybridized carbons (Fsp3) is 0.286. The third-order valence-electron chi connectivity index (χ3n) is 2.53. The van der Waals surface area contributed by atoms with Crippen LogP contribution >= 0.6 is 11.3 Å². The van der Waals surface area contributed by atoms with Gasteiger partial charge in [-0.15, -0.1) is 11.3 Å².